The first kappa shape index (κ1) is 10.4. The highest BCUT2D eigenvalue weighted by Crippen LogP contribution is 2.30. The molecule has 1 unspecified atom stereocenters. The lowest BCUT2D eigenvalue weighted by Gasteiger charge is -2.24. The molecule has 1 N–H and O–H groups in total. The van der Waals surface area contributed by atoms with Crippen molar-refractivity contribution in [3.05, 3.63) is 72.9 Å². The number of para-hydroxylation sites is 1. The van der Waals surface area contributed by atoms with Crippen LogP contribution in [0.2, 0.25) is 0 Å². The summed E-state index contributed by atoms with van der Waals surface area (Å²) in [6, 6.07) is 21.2. The van der Waals surface area contributed by atoms with E-state index in [1.807, 2.05) is 12.1 Å². The maximum atomic E-state index is 3.20. The number of hydrogen-bond donors (Lipinski definition) is 1. The molecule has 1 atom stereocenters. The van der Waals surface area contributed by atoms with Crippen LogP contribution in [0.5, 0.6) is 0 Å². The lowest BCUT2D eigenvalue weighted by atomic mass is 10.1. The van der Waals surface area contributed by atoms with Crippen molar-refractivity contribution in [2.75, 3.05) is 11.4 Å². The molecule has 0 bridgehead atoms. The van der Waals surface area contributed by atoms with Crippen LogP contribution in [0, 0.1) is 6.67 Å². The molecule has 0 amide bonds. The Morgan fingerprint density at radius 2 is 1.59 bits per heavy atom. The van der Waals surface area contributed by atoms with Gasteiger partial charge in [-0.15, -0.1) is 0 Å². The molecule has 1 fully saturated rings. The molecule has 0 saturated carbocycles. The summed E-state index contributed by atoms with van der Waals surface area (Å²) >= 11 is 0. The van der Waals surface area contributed by atoms with Crippen LogP contribution in [0.25, 0.3) is 0 Å². The third-order valence-electron chi connectivity index (χ3n) is 3.03. The van der Waals surface area contributed by atoms with Crippen molar-refractivity contribution in [1.82, 2.24) is 5.32 Å². The van der Waals surface area contributed by atoms with Crippen molar-refractivity contribution in [2.45, 2.75) is 6.04 Å². The van der Waals surface area contributed by atoms with E-state index < -0.39 is 0 Å². The van der Waals surface area contributed by atoms with E-state index in [0.29, 0.717) is 6.04 Å². The second-order valence-corrected chi connectivity index (χ2v) is 4.12. The van der Waals surface area contributed by atoms with E-state index in [2.05, 4.69) is 65.4 Å². The molecule has 2 nitrogen and oxygen atoms in total. The van der Waals surface area contributed by atoms with Crippen LogP contribution >= 0.6 is 0 Å². The number of anilines is 1. The molecule has 2 aromatic carbocycles. The fourth-order valence-electron chi connectivity index (χ4n) is 2.17. The Morgan fingerprint density at radius 3 is 2.29 bits per heavy atom. The van der Waals surface area contributed by atoms with Gasteiger partial charge in [-0.05, 0) is 17.7 Å². The summed E-state index contributed by atoms with van der Waals surface area (Å²) in [6.07, 6.45) is 0. The standard InChI is InChI=1S/C15H14N2/c1-3-7-13(8-4-1)15-11-16-12-17(15)14-9-5-2-6-10-14/h1-10,15-16H,11H2. The molecule has 0 aliphatic carbocycles. The number of nitrogens with zero attached hydrogens (tertiary/aromatic N) is 1. The lowest BCUT2D eigenvalue weighted by molar-refractivity contribution is 0.756. The van der Waals surface area contributed by atoms with Crippen LogP contribution in [0.15, 0.2) is 60.7 Å². The molecule has 1 heterocycles. The van der Waals surface area contributed by atoms with E-state index in [1.54, 1.807) is 0 Å². The third kappa shape index (κ3) is 2.04. The smallest absolute Gasteiger partial charge is 0.175 e. The zero-order valence-corrected chi connectivity index (χ0v) is 9.51. The van der Waals surface area contributed by atoms with Crippen LogP contribution in [-0.4, -0.2) is 6.54 Å². The summed E-state index contributed by atoms with van der Waals surface area (Å²) in [6.45, 7) is 4.11. The Bertz CT molecular complexity index is 421. The average Bonchev–Trinajstić information content (AvgIpc) is 2.90. The molecule has 84 valence electrons. The topological polar surface area (TPSA) is 15.3 Å². The summed E-state index contributed by atoms with van der Waals surface area (Å²) in [5.74, 6) is 0. The van der Waals surface area contributed by atoms with Crippen molar-refractivity contribution in [3.8, 4) is 0 Å². The zero-order valence-electron chi connectivity index (χ0n) is 9.51. The summed E-state index contributed by atoms with van der Waals surface area (Å²) in [5, 5.41) is 3.20. The van der Waals surface area contributed by atoms with Crippen LogP contribution < -0.4 is 10.2 Å². The molecule has 17 heavy (non-hydrogen) atoms. The van der Waals surface area contributed by atoms with Crippen molar-refractivity contribution < 1.29 is 0 Å². The molecule has 2 aromatic rings. The Balaban J connectivity index is 1.91. The minimum absolute atomic E-state index is 0.332. The molecule has 1 aliphatic heterocycles. The molecule has 1 saturated heterocycles. The number of benzene rings is 2. The molecular weight excluding hydrogens is 208 g/mol. The minimum Gasteiger partial charge on any atom is -0.338 e. The highest BCUT2D eigenvalue weighted by atomic mass is 15.3. The van der Waals surface area contributed by atoms with Crippen LogP contribution in [0.3, 0.4) is 0 Å². The van der Waals surface area contributed by atoms with E-state index in [9.17, 15) is 0 Å². The van der Waals surface area contributed by atoms with Gasteiger partial charge in [0.1, 0.15) is 0 Å². The van der Waals surface area contributed by atoms with Gasteiger partial charge in [0.2, 0.25) is 0 Å². The summed E-state index contributed by atoms with van der Waals surface area (Å²) in [5.41, 5.74) is 2.49. The first-order chi connectivity index (χ1) is 8.45. The third-order valence-corrected chi connectivity index (χ3v) is 3.03. The monoisotopic (exact) mass is 222 g/mol. The molecule has 3 rings (SSSR count). The molecular formula is C15H14N2. The molecule has 2 heteroatoms. The quantitative estimate of drug-likeness (QED) is 0.840. The highest BCUT2D eigenvalue weighted by molar-refractivity contribution is 5.51. The molecule has 0 spiro atoms. The summed E-state index contributed by atoms with van der Waals surface area (Å²) in [7, 11) is 0. The maximum Gasteiger partial charge on any atom is 0.175 e. The first-order valence-corrected chi connectivity index (χ1v) is 5.83. The van der Waals surface area contributed by atoms with Gasteiger partial charge < -0.3 is 4.90 Å². The van der Waals surface area contributed by atoms with Crippen LogP contribution in [0.1, 0.15) is 11.6 Å². The fraction of sp³-hybridized carbons (Fsp3) is 0.133. The number of rotatable bonds is 2. The summed E-state index contributed by atoms with van der Waals surface area (Å²) in [4.78, 5) is 2.16. The van der Waals surface area contributed by atoms with E-state index in [1.165, 1.54) is 11.3 Å². The van der Waals surface area contributed by atoms with Gasteiger partial charge in [-0.1, -0.05) is 48.5 Å². The zero-order chi connectivity index (χ0) is 11.5. The predicted molar refractivity (Wildman–Crippen MR) is 69.3 cm³/mol. The Morgan fingerprint density at radius 1 is 0.941 bits per heavy atom. The van der Waals surface area contributed by atoms with Gasteiger partial charge >= 0.3 is 0 Å². The van der Waals surface area contributed by atoms with Gasteiger partial charge in [0, 0.05) is 12.2 Å². The number of nitrogens with one attached hydrogen (secondary N) is 1. The lowest BCUT2D eigenvalue weighted by Crippen LogP contribution is -2.20. The number of hydrogen-bond acceptors (Lipinski definition) is 2. The molecule has 1 aliphatic rings. The van der Waals surface area contributed by atoms with Crippen molar-refractivity contribution in [3.63, 3.8) is 0 Å². The average molecular weight is 222 g/mol. The van der Waals surface area contributed by atoms with Gasteiger partial charge in [0.05, 0.1) is 6.04 Å². The maximum absolute atomic E-state index is 3.20. The first-order valence-electron chi connectivity index (χ1n) is 5.83. The van der Waals surface area contributed by atoms with E-state index in [-0.39, 0.29) is 0 Å². The largest absolute Gasteiger partial charge is 0.338 e. The van der Waals surface area contributed by atoms with Crippen LogP contribution in [-0.2, 0) is 0 Å². The fourth-order valence-corrected chi connectivity index (χ4v) is 2.17. The van der Waals surface area contributed by atoms with E-state index in [4.69, 9.17) is 0 Å². The van der Waals surface area contributed by atoms with Crippen LogP contribution in [0.4, 0.5) is 5.69 Å². The minimum atomic E-state index is 0.332. The second-order valence-electron chi connectivity index (χ2n) is 4.12. The Hall–Kier alpha value is -1.80. The Kier molecular flexibility index (Phi) is 2.80. The van der Waals surface area contributed by atoms with Gasteiger partial charge in [-0.3, -0.25) is 5.32 Å². The molecule has 0 aromatic heterocycles. The van der Waals surface area contributed by atoms with Gasteiger partial charge in [0.25, 0.3) is 0 Å². The predicted octanol–water partition coefficient (Wildman–Crippen LogP) is 2.83. The van der Waals surface area contributed by atoms with Crippen molar-refractivity contribution >= 4 is 5.69 Å². The molecule has 2 radical (unpaired) electrons. The summed E-state index contributed by atoms with van der Waals surface area (Å²) < 4.78 is 0. The van der Waals surface area contributed by atoms with Crippen molar-refractivity contribution in [1.29, 1.82) is 0 Å². The highest BCUT2D eigenvalue weighted by Gasteiger charge is 2.26. The van der Waals surface area contributed by atoms with Gasteiger partial charge in [-0.2, -0.15) is 0 Å². The second kappa shape index (κ2) is 4.60. The van der Waals surface area contributed by atoms with E-state index in [0.717, 1.165) is 6.54 Å². The van der Waals surface area contributed by atoms with Crippen molar-refractivity contribution in [2.24, 2.45) is 0 Å². The Labute approximate surface area is 102 Å². The normalized spacial score (nSPS) is 19.5. The van der Waals surface area contributed by atoms with E-state index >= 15 is 0 Å². The van der Waals surface area contributed by atoms with Gasteiger partial charge in [-0.25, -0.2) is 0 Å². The van der Waals surface area contributed by atoms with Gasteiger partial charge in [0.15, 0.2) is 6.67 Å². The SMILES string of the molecule is [C]1NCC(c2ccccc2)N1c1ccccc1.